The van der Waals surface area contributed by atoms with E-state index in [1.54, 1.807) is 24.3 Å². The predicted octanol–water partition coefficient (Wildman–Crippen LogP) is 3.48. The van der Waals surface area contributed by atoms with Crippen molar-refractivity contribution in [1.29, 1.82) is 0 Å². The Kier molecular flexibility index (Phi) is 6.22. The van der Waals surface area contributed by atoms with Gasteiger partial charge in [0.05, 0.1) is 12.2 Å². The number of esters is 1. The molecular formula is C16H23NO3. The minimum atomic E-state index is -0.326. The summed E-state index contributed by atoms with van der Waals surface area (Å²) >= 11 is 0. The van der Waals surface area contributed by atoms with E-state index in [4.69, 9.17) is 4.74 Å². The summed E-state index contributed by atoms with van der Waals surface area (Å²) < 4.78 is 5.17. The molecule has 0 radical (unpaired) electrons. The van der Waals surface area contributed by atoms with Crippen LogP contribution in [0.5, 0.6) is 0 Å². The SMILES string of the molecule is CC(C)CCOC(=O)c1ccc(NC(=O)C(C)C)cc1. The number of anilines is 1. The molecule has 1 rings (SSSR count). The van der Waals surface area contributed by atoms with Gasteiger partial charge < -0.3 is 10.1 Å². The lowest BCUT2D eigenvalue weighted by Crippen LogP contribution is -2.17. The van der Waals surface area contributed by atoms with Crippen LogP contribution in [0, 0.1) is 11.8 Å². The van der Waals surface area contributed by atoms with Crippen molar-refractivity contribution in [3.8, 4) is 0 Å². The molecule has 0 bridgehead atoms. The van der Waals surface area contributed by atoms with Crippen molar-refractivity contribution in [2.24, 2.45) is 11.8 Å². The molecular weight excluding hydrogens is 254 g/mol. The largest absolute Gasteiger partial charge is 0.462 e. The van der Waals surface area contributed by atoms with Gasteiger partial charge in [-0.25, -0.2) is 4.79 Å². The molecule has 0 atom stereocenters. The van der Waals surface area contributed by atoms with Crippen LogP contribution >= 0.6 is 0 Å². The summed E-state index contributed by atoms with van der Waals surface area (Å²) in [5, 5.41) is 2.77. The second-order valence-electron chi connectivity index (χ2n) is 5.54. The highest BCUT2D eigenvalue weighted by Gasteiger charge is 2.09. The van der Waals surface area contributed by atoms with Gasteiger partial charge in [-0.1, -0.05) is 27.7 Å². The fraction of sp³-hybridized carbons (Fsp3) is 0.500. The van der Waals surface area contributed by atoms with Crippen LogP contribution in [0.2, 0.25) is 0 Å². The van der Waals surface area contributed by atoms with E-state index in [1.165, 1.54) is 0 Å². The van der Waals surface area contributed by atoms with Crippen molar-refractivity contribution >= 4 is 17.6 Å². The van der Waals surface area contributed by atoms with Crippen LogP contribution in [0.15, 0.2) is 24.3 Å². The van der Waals surface area contributed by atoms with Gasteiger partial charge in [0, 0.05) is 11.6 Å². The summed E-state index contributed by atoms with van der Waals surface area (Å²) in [6, 6.07) is 6.74. The Balaban J connectivity index is 2.53. The highest BCUT2D eigenvalue weighted by atomic mass is 16.5. The van der Waals surface area contributed by atoms with E-state index in [1.807, 2.05) is 13.8 Å². The highest BCUT2D eigenvalue weighted by molar-refractivity contribution is 5.93. The zero-order chi connectivity index (χ0) is 15.1. The molecule has 0 heterocycles. The maximum atomic E-state index is 11.8. The number of carbonyl (C=O) groups is 2. The molecule has 4 heteroatoms. The van der Waals surface area contributed by atoms with Gasteiger partial charge in [0.25, 0.3) is 0 Å². The van der Waals surface area contributed by atoms with Gasteiger partial charge in [0.15, 0.2) is 0 Å². The molecule has 1 amide bonds. The van der Waals surface area contributed by atoms with Gasteiger partial charge >= 0.3 is 5.97 Å². The van der Waals surface area contributed by atoms with Crippen LogP contribution < -0.4 is 5.32 Å². The maximum Gasteiger partial charge on any atom is 0.338 e. The molecule has 20 heavy (non-hydrogen) atoms. The Morgan fingerprint density at radius 2 is 1.70 bits per heavy atom. The van der Waals surface area contributed by atoms with Gasteiger partial charge in [-0.15, -0.1) is 0 Å². The zero-order valence-corrected chi connectivity index (χ0v) is 12.6. The topological polar surface area (TPSA) is 55.4 Å². The molecule has 0 aliphatic rings. The second-order valence-corrected chi connectivity index (χ2v) is 5.54. The molecule has 1 N–H and O–H groups in total. The van der Waals surface area contributed by atoms with Crippen molar-refractivity contribution in [1.82, 2.24) is 0 Å². The van der Waals surface area contributed by atoms with E-state index < -0.39 is 0 Å². The number of hydrogen-bond donors (Lipinski definition) is 1. The number of nitrogens with one attached hydrogen (secondary N) is 1. The van der Waals surface area contributed by atoms with Crippen LogP contribution in [0.4, 0.5) is 5.69 Å². The first kappa shape index (κ1) is 16.2. The van der Waals surface area contributed by atoms with Crippen molar-refractivity contribution in [2.45, 2.75) is 34.1 Å². The lowest BCUT2D eigenvalue weighted by molar-refractivity contribution is -0.118. The van der Waals surface area contributed by atoms with Crippen LogP contribution in [-0.2, 0) is 9.53 Å². The van der Waals surface area contributed by atoms with Gasteiger partial charge in [0.1, 0.15) is 0 Å². The summed E-state index contributed by atoms with van der Waals surface area (Å²) in [6.07, 6.45) is 0.855. The normalized spacial score (nSPS) is 10.7. The van der Waals surface area contributed by atoms with Gasteiger partial charge in [-0.3, -0.25) is 4.79 Å². The predicted molar refractivity (Wildman–Crippen MR) is 79.6 cm³/mol. The van der Waals surface area contributed by atoms with Gasteiger partial charge in [-0.2, -0.15) is 0 Å². The van der Waals surface area contributed by atoms with Crippen molar-refractivity contribution < 1.29 is 14.3 Å². The molecule has 4 nitrogen and oxygen atoms in total. The fourth-order valence-corrected chi connectivity index (χ4v) is 1.45. The fourth-order valence-electron chi connectivity index (χ4n) is 1.45. The zero-order valence-electron chi connectivity index (χ0n) is 12.6. The maximum absolute atomic E-state index is 11.8. The van der Waals surface area contributed by atoms with E-state index in [-0.39, 0.29) is 17.8 Å². The van der Waals surface area contributed by atoms with Gasteiger partial charge in [-0.05, 0) is 36.6 Å². The molecule has 1 aromatic carbocycles. The third kappa shape index (κ3) is 5.43. The van der Waals surface area contributed by atoms with E-state index >= 15 is 0 Å². The van der Waals surface area contributed by atoms with E-state index in [9.17, 15) is 9.59 Å². The number of hydrogen-bond acceptors (Lipinski definition) is 3. The Labute approximate surface area is 120 Å². The average molecular weight is 277 g/mol. The first-order chi connectivity index (χ1) is 9.40. The Morgan fingerprint density at radius 3 is 2.20 bits per heavy atom. The Bertz CT molecular complexity index is 449. The van der Waals surface area contributed by atoms with E-state index in [2.05, 4.69) is 19.2 Å². The quantitative estimate of drug-likeness (QED) is 0.810. The molecule has 1 aromatic rings. The number of benzene rings is 1. The monoisotopic (exact) mass is 277 g/mol. The number of amides is 1. The van der Waals surface area contributed by atoms with Crippen LogP contribution in [0.1, 0.15) is 44.5 Å². The lowest BCUT2D eigenvalue weighted by Gasteiger charge is -2.09. The third-order valence-electron chi connectivity index (χ3n) is 2.84. The van der Waals surface area contributed by atoms with E-state index in [0.29, 0.717) is 23.8 Å². The molecule has 0 fully saturated rings. The molecule has 0 spiro atoms. The van der Waals surface area contributed by atoms with E-state index in [0.717, 1.165) is 6.42 Å². The summed E-state index contributed by atoms with van der Waals surface area (Å²) in [7, 11) is 0. The number of rotatable bonds is 6. The summed E-state index contributed by atoms with van der Waals surface area (Å²) in [4.78, 5) is 23.3. The van der Waals surface area contributed by atoms with Crippen molar-refractivity contribution in [3.05, 3.63) is 29.8 Å². The molecule has 0 aromatic heterocycles. The van der Waals surface area contributed by atoms with Crippen molar-refractivity contribution in [2.75, 3.05) is 11.9 Å². The van der Waals surface area contributed by atoms with Crippen molar-refractivity contribution in [3.63, 3.8) is 0 Å². The number of ether oxygens (including phenoxy) is 1. The first-order valence-corrected chi connectivity index (χ1v) is 6.98. The Morgan fingerprint density at radius 1 is 1.10 bits per heavy atom. The average Bonchev–Trinajstić information content (AvgIpc) is 2.38. The molecule has 110 valence electrons. The summed E-state index contributed by atoms with van der Waals surface area (Å²) in [5.74, 6) is 0.0664. The molecule has 0 unspecified atom stereocenters. The standard InChI is InChI=1S/C16H23NO3/c1-11(2)9-10-20-16(19)13-5-7-14(8-6-13)17-15(18)12(3)4/h5-8,11-12H,9-10H2,1-4H3,(H,17,18). The molecule has 0 aliphatic carbocycles. The highest BCUT2D eigenvalue weighted by Crippen LogP contribution is 2.12. The number of carbonyl (C=O) groups excluding carboxylic acids is 2. The summed E-state index contributed by atoms with van der Waals surface area (Å²) in [6.45, 7) is 8.26. The third-order valence-corrected chi connectivity index (χ3v) is 2.84. The Hall–Kier alpha value is -1.84. The minimum Gasteiger partial charge on any atom is -0.462 e. The first-order valence-electron chi connectivity index (χ1n) is 6.98. The smallest absolute Gasteiger partial charge is 0.338 e. The summed E-state index contributed by atoms with van der Waals surface area (Å²) in [5.41, 5.74) is 1.18. The minimum absolute atomic E-state index is 0.0442. The van der Waals surface area contributed by atoms with Crippen LogP contribution in [0.3, 0.4) is 0 Å². The molecule has 0 saturated heterocycles. The molecule has 0 saturated carbocycles. The second kappa shape index (κ2) is 7.68. The lowest BCUT2D eigenvalue weighted by atomic mass is 10.1. The van der Waals surface area contributed by atoms with Crippen LogP contribution in [-0.4, -0.2) is 18.5 Å². The van der Waals surface area contributed by atoms with Gasteiger partial charge in [0.2, 0.25) is 5.91 Å². The molecule has 0 aliphatic heterocycles. The van der Waals surface area contributed by atoms with Crippen LogP contribution in [0.25, 0.3) is 0 Å².